The molecule has 0 radical (unpaired) electrons. The highest BCUT2D eigenvalue weighted by Crippen LogP contribution is 2.16. The fraction of sp³-hybridized carbons (Fsp3) is 0.182. The van der Waals surface area contributed by atoms with Crippen molar-refractivity contribution >= 4 is 11.8 Å². The minimum Gasteiger partial charge on any atom is -0.411 e. The van der Waals surface area contributed by atoms with E-state index in [4.69, 9.17) is 5.21 Å². The van der Waals surface area contributed by atoms with Gasteiger partial charge in [-0.1, -0.05) is 35.5 Å². The molecule has 0 aliphatic heterocycles. The zero-order chi connectivity index (χ0) is 9.68. The first-order chi connectivity index (χ1) is 6.25. The van der Waals surface area contributed by atoms with Crippen LogP contribution in [0.2, 0.25) is 0 Å². The molecule has 0 atom stereocenters. The maximum Gasteiger partial charge on any atom is 0.0693 e. The van der Waals surface area contributed by atoms with Crippen LogP contribution in [0.5, 0.6) is 0 Å². The van der Waals surface area contributed by atoms with Gasteiger partial charge in [-0.2, -0.15) is 0 Å². The lowest BCUT2D eigenvalue weighted by molar-refractivity contribution is 0.321. The first-order valence-corrected chi connectivity index (χ1v) is 4.16. The number of oxime groups is 1. The van der Waals surface area contributed by atoms with Gasteiger partial charge in [-0.3, -0.25) is 0 Å². The summed E-state index contributed by atoms with van der Waals surface area (Å²) < 4.78 is 0. The van der Waals surface area contributed by atoms with Crippen LogP contribution in [0.15, 0.2) is 41.1 Å². The average molecular weight is 175 g/mol. The molecule has 13 heavy (non-hydrogen) atoms. The monoisotopic (exact) mass is 175 g/mol. The zero-order valence-electron chi connectivity index (χ0n) is 7.86. The molecule has 1 rings (SSSR count). The van der Waals surface area contributed by atoms with E-state index in [0.717, 1.165) is 16.7 Å². The summed E-state index contributed by atoms with van der Waals surface area (Å²) in [7, 11) is 0. The van der Waals surface area contributed by atoms with E-state index < -0.39 is 0 Å². The molecule has 68 valence electrons. The molecule has 0 saturated heterocycles. The third-order valence-corrected chi connectivity index (χ3v) is 2.05. The van der Waals surface area contributed by atoms with E-state index in [9.17, 15) is 0 Å². The van der Waals surface area contributed by atoms with Crippen LogP contribution >= 0.6 is 0 Å². The van der Waals surface area contributed by atoms with Crippen molar-refractivity contribution in [1.82, 2.24) is 0 Å². The van der Waals surface area contributed by atoms with Gasteiger partial charge in [-0.15, -0.1) is 0 Å². The molecule has 0 fully saturated rings. The molecule has 1 aromatic carbocycles. The molecular formula is C11H13NO. The SMILES string of the molecule is C/C(C=NO)=C(\C)c1ccccc1. The molecule has 1 aromatic rings. The highest BCUT2D eigenvalue weighted by atomic mass is 16.4. The maximum atomic E-state index is 8.37. The minimum absolute atomic E-state index is 0.966. The van der Waals surface area contributed by atoms with Crippen LogP contribution in [0.25, 0.3) is 5.57 Å². The van der Waals surface area contributed by atoms with Gasteiger partial charge in [0.05, 0.1) is 6.21 Å². The van der Waals surface area contributed by atoms with Crippen LogP contribution in [0.4, 0.5) is 0 Å². The summed E-state index contributed by atoms with van der Waals surface area (Å²) in [6, 6.07) is 10.0. The smallest absolute Gasteiger partial charge is 0.0693 e. The van der Waals surface area contributed by atoms with Crippen LogP contribution in [0, 0.1) is 0 Å². The largest absolute Gasteiger partial charge is 0.411 e. The van der Waals surface area contributed by atoms with Crippen LogP contribution in [-0.4, -0.2) is 11.4 Å². The number of benzene rings is 1. The minimum atomic E-state index is 0.966. The van der Waals surface area contributed by atoms with E-state index in [0.29, 0.717) is 0 Å². The lowest BCUT2D eigenvalue weighted by Gasteiger charge is -2.02. The second kappa shape index (κ2) is 4.45. The summed E-state index contributed by atoms with van der Waals surface area (Å²) in [5, 5.41) is 11.4. The van der Waals surface area contributed by atoms with Gasteiger partial charge in [0.1, 0.15) is 0 Å². The first-order valence-electron chi connectivity index (χ1n) is 4.16. The van der Waals surface area contributed by atoms with Gasteiger partial charge in [0.25, 0.3) is 0 Å². The Morgan fingerprint density at radius 3 is 2.38 bits per heavy atom. The lowest BCUT2D eigenvalue weighted by Crippen LogP contribution is -1.85. The fourth-order valence-electron chi connectivity index (χ4n) is 1.10. The Hall–Kier alpha value is -1.57. The Morgan fingerprint density at radius 1 is 1.23 bits per heavy atom. The van der Waals surface area contributed by atoms with Gasteiger partial charge in [0.2, 0.25) is 0 Å². The van der Waals surface area contributed by atoms with Gasteiger partial charge in [-0.05, 0) is 30.6 Å². The molecule has 2 nitrogen and oxygen atoms in total. The number of hydrogen-bond acceptors (Lipinski definition) is 2. The molecule has 2 heteroatoms. The second-order valence-electron chi connectivity index (χ2n) is 2.92. The van der Waals surface area contributed by atoms with Crippen molar-refractivity contribution in [3.05, 3.63) is 41.5 Å². The highest BCUT2D eigenvalue weighted by Gasteiger charge is 1.96. The summed E-state index contributed by atoms with van der Waals surface area (Å²) in [4.78, 5) is 0. The molecule has 0 aliphatic rings. The normalized spacial score (nSPS) is 13.1. The van der Waals surface area contributed by atoms with Gasteiger partial charge in [0, 0.05) is 0 Å². The molecule has 0 amide bonds. The van der Waals surface area contributed by atoms with Crippen LogP contribution < -0.4 is 0 Å². The lowest BCUT2D eigenvalue weighted by atomic mass is 10.0. The molecule has 0 saturated carbocycles. The molecule has 1 N–H and O–H groups in total. The molecular weight excluding hydrogens is 162 g/mol. The Labute approximate surface area is 78.2 Å². The van der Waals surface area contributed by atoms with Crippen molar-refractivity contribution in [3.63, 3.8) is 0 Å². The van der Waals surface area contributed by atoms with E-state index in [1.54, 1.807) is 0 Å². The average Bonchev–Trinajstić information content (AvgIpc) is 2.18. The van der Waals surface area contributed by atoms with Gasteiger partial charge < -0.3 is 5.21 Å². The van der Waals surface area contributed by atoms with Crippen molar-refractivity contribution in [2.45, 2.75) is 13.8 Å². The van der Waals surface area contributed by atoms with Crippen molar-refractivity contribution in [2.75, 3.05) is 0 Å². The van der Waals surface area contributed by atoms with Crippen LogP contribution in [0.3, 0.4) is 0 Å². The topological polar surface area (TPSA) is 32.6 Å². The third-order valence-electron chi connectivity index (χ3n) is 2.05. The predicted octanol–water partition coefficient (Wildman–Crippen LogP) is 2.94. The van der Waals surface area contributed by atoms with Crippen molar-refractivity contribution < 1.29 is 5.21 Å². The van der Waals surface area contributed by atoms with Crippen molar-refractivity contribution in [1.29, 1.82) is 0 Å². The number of hydrogen-bond donors (Lipinski definition) is 1. The third kappa shape index (κ3) is 2.44. The maximum absolute atomic E-state index is 8.37. The molecule has 0 unspecified atom stereocenters. The van der Waals surface area contributed by atoms with Crippen LogP contribution in [0.1, 0.15) is 19.4 Å². The first kappa shape index (κ1) is 9.52. The van der Waals surface area contributed by atoms with Gasteiger partial charge >= 0.3 is 0 Å². The highest BCUT2D eigenvalue weighted by molar-refractivity contribution is 5.89. The molecule has 0 aromatic heterocycles. The Bertz CT molecular complexity index is 325. The quantitative estimate of drug-likeness (QED) is 0.418. The van der Waals surface area contributed by atoms with Crippen molar-refractivity contribution in [2.24, 2.45) is 5.16 Å². The molecule has 0 bridgehead atoms. The molecule has 0 spiro atoms. The summed E-state index contributed by atoms with van der Waals surface area (Å²) in [6.45, 7) is 3.92. The van der Waals surface area contributed by atoms with E-state index in [-0.39, 0.29) is 0 Å². The van der Waals surface area contributed by atoms with Crippen molar-refractivity contribution in [3.8, 4) is 0 Å². The Balaban J connectivity index is 3.03. The van der Waals surface area contributed by atoms with Gasteiger partial charge in [-0.25, -0.2) is 0 Å². The van der Waals surface area contributed by atoms with Crippen LogP contribution in [-0.2, 0) is 0 Å². The molecule has 0 heterocycles. The summed E-state index contributed by atoms with van der Waals surface area (Å²) in [5.74, 6) is 0. The van der Waals surface area contributed by atoms with Gasteiger partial charge in [0.15, 0.2) is 0 Å². The summed E-state index contributed by atoms with van der Waals surface area (Å²) in [6.07, 6.45) is 1.45. The van der Waals surface area contributed by atoms with E-state index in [1.807, 2.05) is 44.2 Å². The summed E-state index contributed by atoms with van der Waals surface area (Å²) in [5.41, 5.74) is 3.24. The number of allylic oxidation sites excluding steroid dienone is 2. The van der Waals surface area contributed by atoms with E-state index >= 15 is 0 Å². The fourth-order valence-corrected chi connectivity index (χ4v) is 1.10. The molecule has 0 aliphatic carbocycles. The zero-order valence-corrected chi connectivity index (χ0v) is 7.86. The number of nitrogens with zero attached hydrogens (tertiary/aromatic N) is 1. The second-order valence-corrected chi connectivity index (χ2v) is 2.92. The predicted molar refractivity (Wildman–Crippen MR) is 55.0 cm³/mol. The van der Waals surface area contributed by atoms with E-state index in [1.165, 1.54) is 6.21 Å². The van der Waals surface area contributed by atoms with E-state index in [2.05, 4.69) is 5.16 Å². The Kier molecular flexibility index (Phi) is 3.26. The number of rotatable bonds is 2. The standard InChI is InChI=1S/C11H13NO/c1-9(8-12-13)10(2)11-6-4-3-5-7-11/h3-8,13H,1-2H3/b10-9-,12-8?. The Morgan fingerprint density at radius 2 is 1.85 bits per heavy atom. The summed E-state index contributed by atoms with van der Waals surface area (Å²) >= 11 is 0.